The van der Waals surface area contributed by atoms with Crippen LogP contribution in [0.4, 0.5) is 4.39 Å². The van der Waals surface area contributed by atoms with Gasteiger partial charge in [-0.1, -0.05) is 18.2 Å². The molecular weight excluding hydrogens is 387 g/mol. The summed E-state index contributed by atoms with van der Waals surface area (Å²) in [5.41, 5.74) is 2.86. The zero-order valence-electron chi connectivity index (χ0n) is 16.0. The normalized spacial score (nSPS) is 11.1. The molecule has 2 aromatic carbocycles. The smallest absolute Gasteiger partial charge is 0.331 e. The Morgan fingerprint density at radius 3 is 2.60 bits per heavy atom. The van der Waals surface area contributed by atoms with Crippen molar-refractivity contribution in [3.05, 3.63) is 90.0 Å². The SMILES string of the molecule is Cc1nnc(COC(=O)/C=C/c2cn(-c3ccccc3)nc2-c2ccc(F)cc2)o1. The molecule has 0 N–H and O–H groups in total. The molecule has 2 aromatic heterocycles. The van der Waals surface area contributed by atoms with Crippen molar-refractivity contribution in [2.75, 3.05) is 0 Å². The van der Waals surface area contributed by atoms with E-state index in [1.54, 1.807) is 36.0 Å². The van der Waals surface area contributed by atoms with Crippen molar-refractivity contribution in [2.24, 2.45) is 0 Å². The average Bonchev–Trinajstić information content (AvgIpc) is 3.38. The van der Waals surface area contributed by atoms with Crippen LogP contribution in [0.25, 0.3) is 23.0 Å². The lowest BCUT2D eigenvalue weighted by atomic mass is 10.1. The first-order chi connectivity index (χ1) is 14.6. The highest BCUT2D eigenvalue weighted by atomic mass is 19.1. The van der Waals surface area contributed by atoms with E-state index in [0.29, 0.717) is 17.1 Å². The Balaban J connectivity index is 1.58. The van der Waals surface area contributed by atoms with Crippen molar-refractivity contribution in [3.8, 4) is 16.9 Å². The Morgan fingerprint density at radius 1 is 1.13 bits per heavy atom. The Hall–Kier alpha value is -4.07. The molecule has 0 bridgehead atoms. The van der Waals surface area contributed by atoms with E-state index in [0.717, 1.165) is 11.3 Å². The molecule has 0 saturated carbocycles. The lowest BCUT2D eigenvalue weighted by Gasteiger charge is -2.00. The van der Waals surface area contributed by atoms with E-state index in [9.17, 15) is 9.18 Å². The van der Waals surface area contributed by atoms with Crippen molar-refractivity contribution >= 4 is 12.0 Å². The molecule has 0 amide bonds. The lowest BCUT2D eigenvalue weighted by molar-refractivity contribution is -0.139. The zero-order chi connectivity index (χ0) is 20.9. The van der Waals surface area contributed by atoms with Crippen LogP contribution in [0.2, 0.25) is 0 Å². The third-order valence-electron chi connectivity index (χ3n) is 4.19. The summed E-state index contributed by atoms with van der Waals surface area (Å²) >= 11 is 0. The maximum absolute atomic E-state index is 13.3. The zero-order valence-corrected chi connectivity index (χ0v) is 16.0. The highest BCUT2D eigenvalue weighted by Gasteiger charge is 2.12. The van der Waals surface area contributed by atoms with Gasteiger partial charge in [0.25, 0.3) is 5.89 Å². The van der Waals surface area contributed by atoms with Crippen molar-refractivity contribution in [1.82, 2.24) is 20.0 Å². The first-order valence-electron chi connectivity index (χ1n) is 9.13. The number of esters is 1. The molecule has 0 aliphatic heterocycles. The summed E-state index contributed by atoms with van der Waals surface area (Å²) in [4.78, 5) is 12.1. The van der Waals surface area contributed by atoms with Crippen molar-refractivity contribution in [1.29, 1.82) is 0 Å². The molecule has 0 unspecified atom stereocenters. The molecule has 0 saturated heterocycles. The van der Waals surface area contributed by atoms with Gasteiger partial charge in [0, 0.05) is 30.3 Å². The monoisotopic (exact) mass is 404 g/mol. The number of halogens is 1. The average molecular weight is 404 g/mol. The predicted octanol–water partition coefficient (Wildman–Crippen LogP) is 4.13. The van der Waals surface area contributed by atoms with Crippen LogP contribution in [0.15, 0.2) is 71.3 Å². The van der Waals surface area contributed by atoms with E-state index in [2.05, 4.69) is 15.3 Å². The third-order valence-corrected chi connectivity index (χ3v) is 4.19. The quantitative estimate of drug-likeness (QED) is 0.355. The molecule has 0 spiro atoms. The van der Waals surface area contributed by atoms with Crippen LogP contribution in [0.5, 0.6) is 0 Å². The standard InChI is InChI=1S/C22H17FN4O3/c1-15-24-25-20(30-15)14-29-21(28)12-9-17-13-27(19-5-3-2-4-6-19)26-22(17)16-7-10-18(23)11-8-16/h2-13H,14H2,1H3/b12-9+. The Kier molecular flexibility index (Phi) is 5.47. The van der Waals surface area contributed by atoms with E-state index < -0.39 is 5.97 Å². The van der Waals surface area contributed by atoms with E-state index >= 15 is 0 Å². The maximum atomic E-state index is 13.3. The number of para-hydroxylation sites is 1. The van der Waals surface area contributed by atoms with Crippen molar-refractivity contribution in [3.63, 3.8) is 0 Å². The van der Waals surface area contributed by atoms with Gasteiger partial charge >= 0.3 is 5.97 Å². The minimum absolute atomic E-state index is 0.113. The molecule has 8 heteroatoms. The van der Waals surface area contributed by atoms with E-state index in [-0.39, 0.29) is 18.3 Å². The number of nitrogens with zero attached hydrogens (tertiary/aromatic N) is 4. The second-order valence-electron chi connectivity index (χ2n) is 6.38. The summed E-state index contributed by atoms with van der Waals surface area (Å²) in [5, 5.41) is 12.1. The fourth-order valence-corrected chi connectivity index (χ4v) is 2.79. The summed E-state index contributed by atoms with van der Waals surface area (Å²) in [6.45, 7) is 1.54. The number of hydrogen-bond donors (Lipinski definition) is 0. The molecule has 7 nitrogen and oxygen atoms in total. The number of rotatable bonds is 6. The first-order valence-corrected chi connectivity index (χ1v) is 9.13. The maximum Gasteiger partial charge on any atom is 0.331 e. The predicted molar refractivity (Wildman–Crippen MR) is 107 cm³/mol. The van der Waals surface area contributed by atoms with Crippen molar-refractivity contribution in [2.45, 2.75) is 13.5 Å². The van der Waals surface area contributed by atoms with E-state index in [1.807, 2.05) is 30.3 Å². The number of carbonyl (C=O) groups is 1. The van der Waals surface area contributed by atoms with Gasteiger partial charge in [-0.25, -0.2) is 13.9 Å². The largest absolute Gasteiger partial charge is 0.452 e. The van der Waals surface area contributed by atoms with Crippen LogP contribution >= 0.6 is 0 Å². The van der Waals surface area contributed by atoms with Gasteiger partial charge in [0.1, 0.15) is 5.82 Å². The fraction of sp³-hybridized carbons (Fsp3) is 0.0909. The summed E-state index contributed by atoms with van der Waals surface area (Å²) in [6.07, 6.45) is 4.69. The molecule has 150 valence electrons. The lowest BCUT2D eigenvalue weighted by Crippen LogP contribution is -2.01. The van der Waals surface area contributed by atoms with Gasteiger partial charge in [0.15, 0.2) is 6.61 Å². The molecular formula is C22H17FN4O3. The van der Waals surface area contributed by atoms with E-state index in [1.165, 1.54) is 18.2 Å². The third kappa shape index (κ3) is 4.49. The second kappa shape index (κ2) is 8.52. The highest BCUT2D eigenvalue weighted by Crippen LogP contribution is 2.25. The van der Waals surface area contributed by atoms with E-state index in [4.69, 9.17) is 9.15 Å². The molecule has 0 atom stereocenters. The van der Waals surface area contributed by atoms with Crippen LogP contribution in [0.1, 0.15) is 17.3 Å². The number of benzene rings is 2. The van der Waals surface area contributed by atoms with Crippen LogP contribution in [0, 0.1) is 12.7 Å². The number of hydrogen-bond acceptors (Lipinski definition) is 6. The molecule has 2 heterocycles. The topological polar surface area (TPSA) is 83.0 Å². The molecule has 0 fully saturated rings. The van der Waals surface area contributed by atoms with Gasteiger partial charge in [-0.2, -0.15) is 5.10 Å². The second-order valence-corrected chi connectivity index (χ2v) is 6.38. The Morgan fingerprint density at radius 2 is 1.90 bits per heavy atom. The van der Waals surface area contributed by atoms with Gasteiger partial charge in [0.2, 0.25) is 5.89 Å². The van der Waals surface area contributed by atoms with Gasteiger partial charge < -0.3 is 9.15 Å². The summed E-state index contributed by atoms with van der Waals surface area (Å²) in [7, 11) is 0. The van der Waals surface area contributed by atoms with Crippen LogP contribution in [-0.4, -0.2) is 25.9 Å². The number of aromatic nitrogens is 4. The molecule has 30 heavy (non-hydrogen) atoms. The Bertz CT molecular complexity index is 1180. The molecule has 0 radical (unpaired) electrons. The van der Waals surface area contributed by atoms with Crippen molar-refractivity contribution < 1.29 is 18.3 Å². The van der Waals surface area contributed by atoms with Gasteiger partial charge in [-0.05, 0) is 42.5 Å². The number of aryl methyl sites for hydroxylation is 1. The summed E-state index contributed by atoms with van der Waals surface area (Å²) in [6, 6.07) is 15.6. The number of ether oxygens (including phenoxy) is 1. The fourth-order valence-electron chi connectivity index (χ4n) is 2.79. The minimum Gasteiger partial charge on any atom is -0.452 e. The molecule has 4 rings (SSSR count). The molecule has 0 aliphatic rings. The van der Waals surface area contributed by atoms with Gasteiger partial charge in [-0.15, -0.1) is 10.2 Å². The van der Waals surface area contributed by atoms with Crippen LogP contribution in [-0.2, 0) is 16.1 Å². The van der Waals surface area contributed by atoms with Crippen LogP contribution in [0.3, 0.4) is 0 Å². The summed E-state index contributed by atoms with van der Waals surface area (Å²) in [5.74, 6) is -0.284. The summed E-state index contributed by atoms with van der Waals surface area (Å²) < 4.78 is 25.3. The molecule has 4 aromatic rings. The minimum atomic E-state index is -0.566. The highest BCUT2D eigenvalue weighted by molar-refractivity contribution is 5.88. The molecule has 0 aliphatic carbocycles. The van der Waals surface area contributed by atoms with Gasteiger partial charge in [-0.3, -0.25) is 0 Å². The van der Waals surface area contributed by atoms with Gasteiger partial charge in [0.05, 0.1) is 11.4 Å². The first kappa shape index (κ1) is 19.3. The van der Waals surface area contributed by atoms with Crippen LogP contribution < -0.4 is 0 Å². The number of carbonyl (C=O) groups excluding carboxylic acids is 1. The Labute approximate surface area is 171 Å².